The van der Waals surface area contributed by atoms with Crippen LogP contribution in [-0.4, -0.2) is 29.1 Å². The van der Waals surface area contributed by atoms with Crippen LogP contribution >= 0.6 is 0 Å². The van der Waals surface area contributed by atoms with Crippen molar-refractivity contribution in [1.29, 1.82) is 0 Å². The summed E-state index contributed by atoms with van der Waals surface area (Å²) in [5.74, 6) is -1.51. The first-order chi connectivity index (χ1) is 8.33. The van der Waals surface area contributed by atoms with E-state index in [0.717, 1.165) is 5.56 Å². The number of rotatable bonds is 5. The summed E-state index contributed by atoms with van der Waals surface area (Å²) < 4.78 is 4.66. The van der Waals surface area contributed by atoms with E-state index in [-0.39, 0.29) is 12.2 Å². The molecule has 0 unspecified atom stereocenters. The number of hydrogen-bond acceptors (Lipinski definition) is 4. The maximum absolute atomic E-state index is 11.7. The summed E-state index contributed by atoms with van der Waals surface area (Å²) in [4.78, 5) is 23.0. The lowest BCUT2D eigenvalue weighted by Crippen LogP contribution is -2.22. The van der Waals surface area contributed by atoms with E-state index < -0.39 is 17.4 Å². The highest BCUT2D eigenvalue weighted by Gasteiger charge is 2.19. The summed E-state index contributed by atoms with van der Waals surface area (Å²) in [5, 5.41) is 9.72. The molecule has 1 rings (SSSR count). The molecule has 0 aromatic heterocycles. The fourth-order valence-corrected chi connectivity index (χ4v) is 1.64. The van der Waals surface area contributed by atoms with Gasteiger partial charge in [0.2, 0.25) is 0 Å². The smallest absolute Gasteiger partial charge is 0.379 e. The van der Waals surface area contributed by atoms with E-state index in [4.69, 9.17) is 0 Å². The van der Waals surface area contributed by atoms with Crippen LogP contribution in [-0.2, 0) is 16.0 Å². The van der Waals surface area contributed by atoms with Crippen LogP contribution in [0.15, 0.2) is 24.3 Å². The van der Waals surface area contributed by atoms with E-state index in [1.165, 1.54) is 0 Å². The molecule has 4 nitrogen and oxygen atoms in total. The molecule has 0 fully saturated rings. The highest BCUT2D eigenvalue weighted by Crippen LogP contribution is 2.14. The molecule has 0 bridgehead atoms. The molecule has 0 heterocycles. The van der Waals surface area contributed by atoms with Gasteiger partial charge in [0.05, 0.1) is 12.2 Å². The average Bonchev–Trinajstić information content (AvgIpc) is 2.26. The van der Waals surface area contributed by atoms with Gasteiger partial charge in [0.1, 0.15) is 0 Å². The van der Waals surface area contributed by atoms with Gasteiger partial charge in [0.15, 0.2) is 0 Å². The van der Waals surface area contributed by atoms with Crippen molar-refractivity contribution in [2.75, 3.05) is 6.61 Å². The summed E-state index contributed by atoms with van der Waals surface area (Å²) in [6.07, 6.45) is 0.414. The van der Waals surface area contributed by atoms with Crippen LogP contribution in [0.4, 0.5) is 0 Å². The lowest BCUT2D eigenvalue weighted by Gasteiger charge is -2.17. The van der Waals surface area contributed by atoms with Crippen molar-refractivity contribution in [3.8, 4) is 0 Å². The Kier molecular flexibility index (Phi) is 4.62. The largest absolute Gasteiger partial charge is 0.460 e. The first kappa shape index (κ1) is 14.4. The number of carbonyl (C=O) groups is 2. The molecular weight excluding hydrogens is 232 g/mol. The zero-order valence-corrected chi connectivity index (χ0v) is 10.9. The quantitative estimate of drug-likeness (QED) is 0.491. The van der Waals surface area contributed by atoms with Crippen molar-refractivity contribution >= 4 is 11.8 Å². The summed E-state index contributed by atoms with van der Waals surface area (Å²) in [6, 6.07) is 6.66. The second-order valence-corrected chi connectivity index (χ2v) is 4.74. The van der Waals surface area contributed by atoms with Crippen LogP contribution in [0.25, 0.3) is 0 Å². The number of Topliss-reactive ketones (excluding diaryl/α,β-unsaturated/α-hetero) is 1. The van der Waals surface area contributed by atoms with Gasteiger partial charge in [-0.1, -0.05) is 18.2 Å². The van der Waals surface area contributed by atoms with Gasteiger partial charge in [-0.2, -0.15) is 0 Å². The van der Waals surface area contributed by atoms with Gasteiger partial charge < -0.3 is 9.84 Å². The number of ketones is 1. The normalized spacial score (nSPS) is 11.1. The highest BCUT2D eigenvalue weighted by atomic mass is 16.5. The zero-order valence-electron chi connectivity index (χ0n) is 10.9. The molecule has 0 saturated carbocycles. The summed E-state index contributed by atoms with van der Waals surface area (Å²) >= 11 is 0. The number of hydrogen-bond donors (Lipinski definition) is 1. The van der Waals surface area contributed by atoms with Crippen molar-refractivity contribution in [2.24, 2.45) is 0 Å². The molecule has 0 aliphatic rings. The summed E-state index contributed by atoms with van der Waals surface area (Å²) in [5.41, 5.74) is 0.235. The zero-order chi connectivity index (χ0) is 13.8. The van der Waals surface area contributed by atoms with Gasteiger partial charge in [-0.25, -0.2) is 4.79 Å². The molecule has 0 spiro atoms. The SMILES string of the molecule is CCOC(=O)C(=O)c1cccc(CC(C)(C)O)c1. The Bertz CT molecular complexity index is 443. The third-order valence-corrected chi connectivity index (χ3v) is 2.29. The summed E-state index contributed by atoms with van der Waals surface area (Å²) in [6.45, 7) is 5.20. The van der Waals surface area contributed by atoms with Crippen molar-refractivity contribution in [3.63, 3.8) is 0 Å². The number of carbonyl (C=O) groups excluding carboxylic acids is 2. The maximum Gasteiger partial charge on any atom is 0.379 e. The minimum Gasteiger partial charge on any atom is -0.460 e. The Morgan fingerprint density at radius 3 is 2.56 bits per heavy atom. The number of ether oxygens (including phenoxy) is 1. The standard InChI is InChI=1S/C14H18O4/c1-4-18-13(16)12(15)11-7-5-6-10(8-11)9-14(2,3)17/h5-8,17H,4,9H2,1-3H3. The third kappa shape index (κ3) is 4.30. The maximum atomic E-state index is 11.7. The van der Waals surface area contributed by atoms with Crippen LogP contribution < -0.4 is 0 Å². The van der Waals surface area contributed by atoms with Crippen LogP contribution in [0.2, 0.25) is 0 Å². The van der Waals surface area contributed by atoms with E-state index in [1.807, 2.05) is 0 Å². The van der Waals surface area contributed by atoms with E-state index >= 15 is 0 Å². The van der Waals surface area contributed by atoms with E-state index in [9.17, 15) is 14.7 Å². The Balaban J connectivity index is 2.88. The van der Waals surface area contributed by atoms with Gasteiger partial charge in [-0.05, 0) is 32.4 Å². The molecule has 1 N–H and O–H groups in total. The predicted molar refractivity (Wildman–Crippen MR) is 67.4 cm³/mol. The van der Waals surface area contributed by atoms with E-state index in [2.05, 4.69) is 4.74 Å². The third-order valence-electron chi connectivity index (χ3n) is 2.29. The van der Waals surface area contributed by atoms with Crippen molar-refractivity contribution in [3.05, 3.63) is 35.4 Å². The molecular formula is C14H18O4. The molecule has 0 saturated heterocycles. The van der Waals surface area contributed by atoms with Gasteiger partial charge in [-0.3, -0.25) is 4.79 Å². The van der Waals surface area contributed by atoms with E-state index in [0.29, 0.717) is 6.42 Å². The topological polar surface area (TPSA) is 63.6 Å². The Labute approximate surface area is 107 Å². The lowest BCUT2D eigenvalue weighted by atomic mass is 9.96. The molecule has 98 valence electrons. The van der Waals surface area contributed by atoms with Crippen LogP contribution in [0, 0.1) is 0 Å². The molecule has 0 atom stereocenters. The Morgan fingerprint density at radius 2 is 2.00 bits per heavy atom. The first-order valence-corrected chi connectivity index (χ1v) is 5.86. The molecule has 1 aromatic rings. The molecule has 4 heteroatoms. The second kappa shape index (κ2) is 5.78. The number of benzene rings is 1. The molecule has 1 aromatic carbocycles. The van der Waals surface area contributed by atoms with Crippen LogP contribution in [0.3, 0.4) is 0 Å². The Morgan fingerprint density at radius 1 is 1.33 bits per heavy atom. The highest BCUT2D eigenvalue weighted by molar-refractivity contribution is 6.40. The van der Waals surface area contributed by atoms with E-state index in [1.54, 1.807) is 45.0 Å². The molecule has 0 radical (unpaired) electrons. The Hall–Kier alpha value is -1.68. The van der Waals surface area contributed by atoms with Crippen molar-refractivity contribution < 1.29 is 19.4 Å². The van der Waals surface area contributed by atoms with Gasteiger partial charge in [-0.15, -0.1) is 0 Å². The number of aliphatic hydroxyl groups is 1. The van der Waals surface area contributed by atoms with Crippen LogP contribution in [0.5, 0.6) is 0 Å². The summed E-state index contributed by atoms with van der Waals surface area (Å²) in [7, 11) is 0. The van der Waals surface area contributed by atoms with Crippen molar-refractivity contribution in [2.45, 2.75) is 32.8 Å². The van der Waals surface area contributed by atoms with Gasteiger partial charge in [0.25, 0.3) is 5.78 Å². The molecule has 0 amide bonds. The minimum absolute atomic E-state index is 0.175. The van der Waals surface area contributed by atoms with Crippen LogP contribution in [0.1, 0.15) is 36.7 Å². The molecule has 18 heavy (non-hydrogen) atoms. The molecule has 0 aliphatic carbocycles. The van der Waals surface area contributed by atoms with Gasteiger partial charge in [0, 0.05) is 12.0 Å². The lowest BCUT2D eigenvalue weighted by molar-refractivity contribution is -0.137. The van der Waals surface area contributed by atoms with Crippen molar-refractivity contribution in [1.82, 2.24) is 0 Å². The fraction of sp³-hybridized carbons (Fsp3) is 0.429. The fourth-order valence-electron chi connectivity index (χ4n) is 1.64. The monoisotopic (exact) mass is 250 g/mol. The minimum atomic E-state index is -0.856. The van der Waals surface area contributed by atoms with Gasteiger partial charge >= 0.3 is 5.97 Å². The second-order valence-electron chi connectivity index (χ2n) is 4.74. The number of esters is 1. The average molecular weight is 250 g/mol. The molecule has 0 aliphatic heterocycles. The first-order valence-electron chi connectivity index (χ1n) is 5.86. The predicted octanol–water partition coefficient (Wildman–Crippen LogP) is 1.75.